The molecule has 1 fully saturated rings. The van der Waals surface area contributed by atoms with Gasteiger partial charge in [-0.05, 0) is 49.2 Å². The van der Waals surface area contributed by atoms with Crippen LogP contribution in [0.4, 0.5) is 5.69 Å². The highest BCUT2D eigenvalue weighted by Gasteiger charge is 2.37. The fourth-order valence-corrected chi connectivity index (χ4v) is 2.98. The Morgan fingerprint density at radius 3 is 2.62 bits per heavy atom. The Morgan fingerprint density at radius 1 is 1.17 bits per heavy atom. The van der Waals surface area contributed by atoms with Crippen LogP contribution in [0, 0.1) is 19.8 Å². The van der Waals surface area contributed by atoms with E-state index in [-0.39, 0.29) is 24.8 Å². The van der Waals surface area contributed by atoms with Gasteiger partial charge in [-0.2, -0.15) is 0 Å². The molecule has 0 aliphatic carbocycles. The van der Waals surface area contributed by atoms with Crippen LogP contribution in [0.5, 0.6) is 5.75 Å². The molecule has 1 aliphatic heterocycles. The van der Waals surface area contributed by atoms with Crippen LogP contribution in [0.15, 0.2) is 42.5 Å². The second-order valence-corrected chi connectivity index (χ2v) is 6.43. The molecule has 1 heterocycles. The number of ether oxygens (including phenoxy) is 1. The fourth-order valence-electron chi connectivity index (χ4n) is 2.75. The molecule has 3 rings (SSSR count). The predicted octanol–water partition coefficient (Wildman–Crippen LogP) is 3.92. The minimum atomic E-state index is -0.490. The Kier molecular flexibility index (Phi) is 4.58. The highest BCUT2D eigenvalue weighted by Crippen LogP contribution is 2.31. The molecule has 24 heavy (non-hydrogen) atoms. The van der Waals surface area contributed by atoms with Crippen molar-refractivity contribution >= 4 is 29.2 Å². The van der Waals surface area contributed by atoms with Crippen molar-refractivity contribution in [2.45, 2.75) is 20.3 Å². The summed E-state index contributed by atoms with van der Waals surface area (Å²) in [5.74, 6) is -0.492. The van der Waals surface area contributed by atoms with Crippen molar-refractivity contribution in [2.24, 2.45) is 5.92 Å². The third kappa shape index (κ3) is 3.29. The van der Waals surface area contributed by atoms with Gasteiger partial charge in [-0.15, -0.1) is 0 Å². The molecule has 0 radical (unpaired) electrons. The SMILES string of the molecule is Cc1ccc(OC(=O)[C@H]2CC(=O)N(c3ccccc3Cl)C2)cc1C. The number of carbonyl (C=O) groups is 2. The lowest BCUT2D eigenvalue weighted by atomic mass is 10.1. The first-order valence-electron chi connectivity index (χ1n) is 7.79. The van der Waals surface area contributed by atoms with E-state index in [1.165, 1.54) is 0 Å². The molecule has 124 valence electrons. The largest absolute Gasteiger partial charge is 0.426 e. The van der Waals surface area contributed by atoms with Crippen LogP contribution in [0.3, 0.4) is 0 Å². The van der Waals surface area contributed by atoms with E-state index in [4.69, 9.17) is 16.3 Å². The first-order chi connectivity index (χ1) is 11.5. The summed E-state index contributed by atoms with van der Waals surface area (Å²) in [6.45, 7) is 4.25. The second-order valence-electron chi connectivity index (χ2n) is 6.02. The lowest BCUT2D eigenvalue weighted by molar-refractivity contribution is -0.139. The zero-order chi connectivity index (χ0) is 17.3. The van der Waals surface area contributed by atoms with Gasteiger partial charge in [0.25, 0.3) is 0 Å². The van der Waals surface area contributed by atoms with Crippen molar-refractivity contribution in [1.82, 2.24) is 0 Å². The molecule has 1 atom stereocenters. The average Bonchev–Trinajstić information content (AvgIpc) is 2.93. The molecule has 0 bridgehead atoms. The quantitative estimate of drug-likeness (QED) is 0.627. The van der Waals surface area contributed by atoms with Gasteiger partial charge < -0.3 is 9.64 Å². The number of hydrogen-bond acceptors (Lipinski definition) is 3. The van der Waals surface area contributed by atoms with Gasteiger partial charge in [-0.3, -0.25) is 9.59 Å². The number of carbonyl (C=O) groups excluding carboxylic acids is 2. The number of benzene rings is 2. The van der Waals surface area contributed by atoms with Crippen LogP contribution in [0.1, 0.15) is 17.5 Å². The summed E-state index contributed by atoms with van der Waals surface area (Å²) in [4.78, 5) is 26.2. The standard InChI is InChI=1S/C19H18ClNO3/c1-12-7-8-15(9-13(12)2)24-19(23)14-10-18(22)21(11-14)17-6-4-3-5-16(17)20/h3-9,14H,10-11H2,1-2H3/t14-/m0/s1. The Bertz CT molecular complexity index is 803. The van der Waals surface area contributed by atoms with Crippen molar-refractivity contribution in [1.29, 1.82) is 0 Å². The molecule has 0 unspecified atom stereocenters. The summed E-state index contributed by atoms with van der Waals surface area (Å²) in [6, 6.07) is 12.6. The van der Waals surface area contributed by atoms with E-state index in [9.17, 15) is 9.59 Å². The maximum Gasteiger partial charge on any atom is 0.316 e. The predicted molar refractivity (Wildman–Crippen MR) is 93.5 cm³/mol. The summed E-state index contributed by atoms with van der Waals surface area (Å²) >= 11 is 6.15. The van der Waals surface area contributed by atoms with Gasteiger partial charge in [0.2, 0.25) is 5.91 Å². The second kappa shape index (κ2) is 6.65. The van der Waals surface area contributed by atoms with Crippen molar-refractivity contribution in [3.63, 3.8) is 0 Å². The van der Waals surface area contributed by atoms with Crippen molar-refractivity contribution in [3.8, 4) is 5.75 Å². The average molecular weight is 344 g/mol. The molecule has 4 nitrogen and oxygen atoms in total. The molecule has 0 N–H and O–H groups in total. The summed E-state index contributed by atoms with van der Waals surface area (Å²) in [6.07, 6.45) is 0.134. The van der Waals surface area contributed by atoms with E-state index in [0.29, 0.717) is 16.5 Å². The smallest absolute Gasteiger partial charge is 0.316 e. The van der Waals surface area contributed by atoms with E-state index in [1.54, 1.807) is 29.2 Å². The summed E-state index contributed by atoms with van der Waals surface area (Å²) in [7, 11) is 0. The number of anilines is 1. The fraction of sp³-hybridized carbons (Fsp3) is 0.263. The molecule has 0 spiro atoms. The zero-order valence-electron chi connectivity index (χ0n) is 13.6. The van der Waals surface area contributed by atoms with Crippen LogP contribution in [-0.4, -0.2) is 18.4 Å². The Morgan fingerprint density at radius 2 is 1.92 bits per heavy atom. The Hall–Kier alpha value is -2.33. The molecule has 2 aromatic rings. The van der Waals surface area contributed by atoms with Gasteiger partial charge in [0, 0.05) is 13.0 Å². The summed E-state index contributed by atoms with van der Waals surface area (Å²) < 4.78 is 5.45. The van der Waals surface area contributed by atoms with Crippen LogP contribution < -0.4 is 9.64 Å². The number of para-hydroxylation sites is 1. The highest BCUT2D eigenvalue weighted by molar-refractivity contribution is 6.33. The third-order valence-corrected chi connectivity index (χ3v) is 4.62. The molecule has 1 amide bonds. The maximum atomic E-state index is 12.4. The van der Waals surface area contributed by atoms with Crippen molar-refractivity contribution in [2.75, 3.05) is 11.4 Å². The number of esters is 1. The van der Waals surface area contributed by atoms with E-state index >= 15 is 0 Å². The minimum absolute atomic E-state index is 0.120. The van der Waals surface area contributed by atoms with Gasteiger partial charge in [0.15, 0.2) is 0 Å². The van der Waals surface area contributed by atoms with Crippen LogP contribution in [-0.2, 0) is 9.59 Å². The number of aryl methyl sites for hydroxylation is 2. The zero-order valence-corrected chi connectivity index (χ0v) is 14.3. The van der Waals surface area contributed by atoms with E-state index in [1.807, 2.05) is 32.0 Å². The molecule has 2 aromatic carbocycles. The first kappa shape index (κ1) is 16.5. The lowest BCUT2D eigenvalue weighted by Crippen LogP contribution is -2.27. The number of halogens is 1. The first-order valence-corrected chi connectivity index (χ1v) is 8.17. The highest BCUT2D eigenvalue weighted by atomic mass is 35.5. The Balaban J connectivity index is 1.72. The molecular weight excluding hydrogens is 326 g/mol. The minimum Gasteiger partial charge on any atom is -0.426 e. The molecule has 0 saturated carbocycles. The van der Waals surface area contributed by atoms with Crippen molar-refractivity contribution in [3.05, 3.63) is 58.6 Å². The number of amides is 1. The van der Waals surface area contributed by atoms with Gasteiger partial charge in [-0.1, -0.05) is 29.8 Å². The third-order valence-electron chi connectivity index (χ3n) is 4.30. The monoisotopic (exact) mass is 343 g/mol. The normalized spacial score (nSPS) is 17.2. The van der Waals surface area contributed by atoms with Crippen LogP contribution >= 0.6 is 11.6 Å². The Labute approximate surface area is 146 Å². The van der Waals surface area contributed by atoms with E-state index < -0.39 is 5.92 Å². The van der Waals surface area contributed by atoms with Gasteiger partial charge in [0.1, 0.15) is 5.75 Å². The molecule has 5 heteroatoms. The van der Waals surface area contributed by atoms with E-state index in [2.05, 4.69) is 0 Å². The molecule has 0 aromatic heterocycles. The summed E-state index contributed by atoms with van der Waals surface area (Å²) in [5.41, 5.74) is 2.82. The number of nitrogens with zero attached hydrogens (tertiary/aromatic N) is 1. The molecule has 1 aliphatic rings. The summed E-state index contributed by atoms with van der Waals surface area (Å²) in [5, 5.41) is 0.494. The number of hydrogen-bond donors (Lipinski definition) is 0. The molecule has 1 saturated heterocycles. The topological polar surface area (TPSA) is 46.6 Å². The lowest BCUT2D eigenvalue weighted by Gasteiger charge is -2.17. The molecular formula is C19H18ClNO3. The van der Waals surface area contributed by atoms with Gasteiger partial charge in [0.05, 0.1) is 16.6 Å². The van der Waals surface area contributed by atoms with Gasteiger partial charge in [-0.25, -0.2) is 0 Å². The number of rotatable bonds is 3. The maximum absolute atomic E-state index is 12.4. The van der Waals surface area contributed by atoms with Crippen LogP contribution in [0.25, 0.3) is 0 Å². The van der Waals surface area contributed by atoms with Gasteiger partial charge >= 0.3 is 5.97 Å². The van der Waals surface area contributed by atoms with E-state index in [0.717, 1.165) is 11.1 Å². The van der Waals surface area contributed by atoms with Crippen LogP contribution in [0.2, 0.25) is 5.02 Å². The van der Waals surface area contributed by atoms with Crippen molar-refractivity contribution < 1.29 is 14.3 Å².